The second-order valence-corrected chi connectivity index (χ2v) is 20.2. The monoisotopic (exact) mass is 1070 g/mol. The van der Waals surface area contributed by atoms with Gasteiger partial charge in [-0.2, -0.15) is 0 Å². The molecule has 19 heteroatoms. The second kappa shape index (κ2) is 29.2. The fourth-order valence-corrected chi connectivity index (χ4v) is 7.81. The number of terminal acetylenes is 1. The van der Waals surface area contributed by atoms with E-state index in [4.69, 9.17) is 49.1 Å². The second-order valence-electron chi connectivity index (χ2n) is 19.1. The minimum Gasteiger partial charge on any atom is -0.462 e. The van der Waals surface area contributed by atoms with Gasteiger partial charge in [-0.05, 0) is 83.0 Å². The molecule has 1 aliphatic rings. The number of alkyl carbamates (subject to hydrolysis) is 2. The van der Waals surface area contributed by atoms with Crippen molar-refractivity contribution >= 4 is 64.6 Å². The Morgan fingerprint density at radius 3 is 1.88 bits per heavy atom. The number of alkyl halides is 1. The maximum Gasteiger partial charge on any atom is 0.408 e. The van der Waals surface area contributed by atoms with Crippen LogP contribution >= 0.6 is 22.6 Å². The van der Waals surface area contributed by atoms with E-state index in [1.165, 1.54) is 0 Å². The maximum absolute atomic E-state index is 13.6. The molecule has 68 heavy (non-hydrogen) atoms. The Hall–Kier alpha value is -4.94. The summed E-state index contributed by atoms with van der Waals surface area (Å²) in [6, 6.07) is -0.481. The highest BCUT2D eigenvalue weighted by Crippen LogP contribution is 2.41. The van der Waals surface area contributed by atoms with Crippen LogP contribution in [0.15, 0.2) is 50.6 Å². The average molecular weight is 1070 g/mol. The molecule has 18 nitrogen and oxygen atoms in total. The number of hydrogen-bond donors (Lipinski definition) is 2. The first-order chi connectivity index (χ1) is 31.7. The highest BCUT2D eigenvalue weighted by atomic mass is 127. The number of carbonyl (C=O) groups is 7. The Morgan fingerprint density at radius 1 is 0.765 bits per heavy atom. The number of esters is 5. The van der Waals surface area contributed by atoms with Crippen LogP contribution in [0.2, 0.25) is 0 Å². The minimum absolute atomic E-state index is 0.0998. The van der Waals surface area contributed by atoms with Crippen LogP contribution in [0.25, 0.3) is 0 Å². The zero-order valence-corrected chi connectivity index (χ0v) is 43.2. The van der Waals surface area contributed by atoms with Crippen LogP contribution in [0.4, 0.5) is 9.59 Å². The van der Waals surface area contributed by atoms with Gasteiger partial charge in [-0.1, -0.05) is 69.7 Å². The minimum atomic E-state index is -1.44. The number of carbonyl (C=O) groups excluding carboxylic acids is 7. The first kappa shape index (κ1) is 61.1. The molecule has 0 heterocycles. The van der Waals surface area contributed by atoms with Crippen molar-refractivity contribution < 1.29 is 76.2 Å². The van der Waals surface area contributed by atoms with E-state index < -0.39 is 110 Å². The third kappa shape index (κ3) is 23.9. The fourth-order valence-electron chi connectivity index (χ4n) is 7.43. The molecule has 0 aromatic rings. The molecular weight excluding hydrogens is 999 g/mol. The quantitative estimate of drug-likeness (QED) is 0.0108. The van der Waals surface area contributed by atoms with Crippen LogP contribution in [0.1, 0.15) is 93.9 Å². The molecule has 2 amide bonds. The zero-order valence-electron chi connectivity index (χ0n) is 41.0. The van der Waals surface area contributed by atoms with E-state index in [0.29, 0.717) is 25.9 Å². The van der Waals surface area contributed by atoms with E-state index in [2.05, 4.69) is 73.4 Å². The summed E-state index contributed by atoms with van der Waals surface area (Å²) in [5.74, 6) is -3.68. The topological polar surface area (TPSA) is 227 Å². The molecule has 5 atom stereocenters. The van der Waals surface area contributed by atoms with Crippen molar-refractivity contribution in [2.75, 3.05) is 57.3 Å². The predicted molar refractivity (Wildman–Crippen MR) is 260 cm³/mol. The van der Waals surface area contributed by atoms with E-state index in [0.717, 1.165) is 41.6 Å². The van der Waals surface area contributed by atoms with Crippen molar-refractivity contribution in [3.8, 4) is 12.3 Å². The van der Waals surface area contributed by atoms with Crippen LogP contribution in [0.3, 0.4) is 0 Å². The Labute approximate surface area is 415 Å². The van der Waals surface area contributed by atoms with Gasteiger partial charge < -0.3 is 53.3 Å². The zero-order chi connectivity index (χ0) is 51.8. The number of amides is 2. The number of halogens is 1. The largest absolute Gasteiger partial charge is 0.462 e. The number of nitrogens with one attached hydrogen (secondary N) is 2. The Balaban J connectivity index is 3.28. The molecule has 5 unspecified atom stereocenters. The van der Waals surface area contributed by atoms with E-state index in [1.807, 2.05) is 41.5 Å². The Morgan fingerprint density at radius 2 is 1.32 bits per heavy atom. The molecule has 1 fully saturated rings. The molecule has 0 radical (unpaired) electrons. The van der Waals surface area contributed by atoms with Crippen molar-refractivity contribution in [2.24, 2.45) is 22.7 Å². The Kier molecular flexibility index (Phi) is 26.2. The van der Waals surface area contributed by atoms with Crippen LogP contribution in [0, 0.1) is 35.0 Å². The predicted octanol–water partition coefficient (Wildman–Crippen LogP) is 6.67. The lowest BCUT2D eigenvalue weighted by Crippen LogP contribution is -2.58. The molecule has 0 aliphatic heterocycles. The van der Waals surface area contributed by atoms with Crippen LogP contribution in [-0.2, 0) is 66.6 Å². The number of rotatable bonds is 31. The average Bonchev–Trinajstić information content (AvgIpc) is 3.26. The van der Waals surface area contributed by atoms with Crippen LogP contribution in [-0.4, -0.2) is 128 Å². The van der Waals surface area contributed by atoms with Crippen molar-refractivity contribution in [1.29, 1.82) is 0 Å². The SMILES string of the molecule is C#CC(=O)OCC(COC(=O)C=C)C(COCCC(COC(=O)C=C)(COC(=O)C=C)COC(=O)NC1CC(C)(C)CC(C)(NC(=O)OC(C)(C)C(C)COC(C)(C)CCCI)C1)OC(=O)C=C. The van der Waals surface area contributed by atoms with Gasteiger partial charge in [-0.3, -0.25) is 0 Å². The van der Waals surface area contributed by atoms with Crippen molar-refractivity contribution in [3.63, 3.8) is 0 Å². The van der Waals surface area contributed by atoms with Crippen LogP contribution in [0.5, 0.6) is 0 Å². The molecular formula is C49H73IN2O16. The lowest BCUT2D eigenvalue weighted by Gasteiger charge is -2.47. The first-order valence-electron chi connectivity index (χ1n) is 22.3. The lowest BCUT2D eigenvalue weighted by atomic mass is 9.67. The number of ether oxygens (including phenoxy) is 9. The molecule has 1 saturated carbocycles. The normalized spacial score (nSPS) is 18.0. The van der Waals surface area contributed by atoms with Crippen molar-refractivity contribution in [1.82, 2.24) is 10.6 Å². The van der Waals surface area contributed by atoms with Crippen LogP contribution < -0.4 is 10.6 Å². The highest BCUT2D eigenvalue weighted by molar-refractivity contribution is 14.1. The standard InChI is InChI=1S/C49H73IN2O16/c1-14-38(53)61-27-35(28-62-39(54)15-2)37(67-42(57)18-5)29-60-23-21-49(31-63-40(55)16-3,32-64-41(56)17-4)33-65-43(58)51-36-24-45(7,8)30-48(13,25-36)52-44(59)68-47(11,12)34(6)26-66-46(9,10)20-19-22-50/h1,15-18,34-37H,2-5,19-33H2,6-13H3,(H,51,58)(H,52,59). The molecule has 0 aromatic heterocycles. The van der Waals surface area contributed by atoms with E-state index in [-0.39, 0.29) is 36.6 Å². The highest BCUT2D eigenvalue weighted by Gasteiger charge is 2.45. The van der Waals surface area contributed by atoms with Gasteiger partial charge in [-0.15, -0.1) is 6.42 Å². The summed E-state index contributed by atoms with van der Waals surface area (Å²) < 4.78 is 51.4. The summed E-state index contributed by atoms with van der Waals surface area (Å²) in [5.41, 5.74) is -3.78. The van der Waals surface area contributed by atoms with Gasteiger partial charge >= 0.3 is 42.0 Å². The summed E-state index contributed by atoms with van der Waals surface area (Å²) in [6.45, 7) is 26.9. The molecule has 382 valence electrons. The summed E-state index contributed by atoms with van der Waals surface area (Å²) in [7, 11) is 0. The van der Waals surface area contributed by atoms with Gasteiger partial charge in [0, 0.05) is 54.3 Å². The van der Waals surface area contributed by atoms with Gasteiger partial charge in [0.1, 0.15) is 44.7 Å². The molecule has 0 spiro atoms. The fraction of sp³-hybridized carbons (Fsp3) is 0.653. The molecule has 0 saturated heterocycles. The van der Waals surface area contributed by atoms with Gasteiger partial charge in [0.15, 0.2) is 0 Å². The van der Waals surface area contributed by atoms with Crippen molar-refractivity contribution in [2.45, 2.75) is 123 Å². The van der Waals surface area contributed by atoms with E-state index in [9.17, 15) is 33.6 Å². The van der Waals surface area contributed by atoms with E-state index >= 15 is 0 Å². The third-order valence-electron chi connectivity index (χ3n) is 11.3. The summed E-state index contributed by atoms with van der Waals surface area (Å²) in [6.07, 6.45) is 9.37. The third-order valence-corrected chi connectivity index (χ3v) is 12.1. The maximum atomic E-state index is 13.6. The molecule has 2 N–H and O–H groups in total. The van der Waals surface area contributed by atoms with E-state index in [1.54, 1.807) is 5.92 Å². The molecule has 0 aromatic carbocycles. The first-order valence-corrected chi connectivity index (χ1v) is 23.8. The summed E-state index contributed by atoms with van der Waals surface area (Å²) >= 11 is 2.35. The van der Waals surface area contributed by atoms with Gasteiger partial charge in [0.05, 0.1) is 30.1 Å². The van der Waals surface area contributed by atoms with Crippen molar-refractivity contribution in [3.05, 3.63) is 50.6 Å². The summed E-state index contributed by atoms with van der Waals surface area (Å²) in [5, 5.41) is 5.97. The molecule has 0 bridgehead atoms. The van der Waals surface area contributed by atoms with Gasteiger partial charge in [0.25, 0.3) is 0 Å². The molecule has 1 rings (SSSR count). The Bertz CT molecular complexity index is 1780. The molecule has 1 aliphatic carbocycles. The summed E-state index contributed by atoms with van der Waals surface area (Å²) in [4.78, 5) is 87.9. The smallest absolute Gasteiger partial charge is 0.408 e. The van der Waals surface area contributed by atoms with Gasteiger partial charge in [-0.25, -0.2) is 33.6 Å². The lowest BCUT2D eigenvalue weighted by molar-refractivity contribution is -0.158. The number of hydrogen-bond acceptors (Lipinski definition) is 16. The van der Waals surface area contributed by atoms with Gasteiger partial charge in [0.2, 0.25) is 0 Å².